The van der Waals surface area contributed by atoms with Crippen molar-refractivity contribution >= 4 is 16.7 Å². The van der Waals surface area contributed by atoms with Crippen molar-refractivity contribution in [2.75, 3.05) is 13.7 Å². The van der Waals surface area contributed by atoms with Gasteiger partial charge < -0.3 is 9.64 Å². The number of nitrogens with zero attached hydrogens (tertiary/aromatic N) is 4. The summed E-state index contributed by atoms with van der Waals surface area (Å²) in [6, 6.07) is 17.0. The fourth-order valence-corrected chi connectivity index (χ4v) is 2.72. The Kier molecular flexibility index (Phi) is 5.40. The predicted molar refractivity (Wildman–Crippen MR) is 97.5 cm³/mol. The van der Waals surface area contributed by atoms with Gasteiger partial charge in [0.2, 0.25) is 5.88 Å². The fourth-order valence-electron chi connectivity index (χ4n) is 2.72. The number of hydrogen-bond donors (Lipinski definition) is 0. The Hall–Kier alpha value is -3.46. The third-order valence-electron chi connectivity index (χ3n) is 3.98. The van der Waals surface area contributed by atoms with Crippen molar-refractivity contribution in [2.45, 2.75) is 13.0 Å². The summed E-state index contributed by atoms with van der Waals surface area (Å²) in [4.78, 5) is 23.3. The van der Waals surface area contributed by atoms with Gasteiger partial charge in [0.1, 0.15) is 5.69 Å². The van der Waals surface area contributed by atoms with Crippen molar-refractivity contribution in [3.8, 4) is 11.9 Å². The zero-order valence-electron chi connectivity index (χ0n) is 14.4. The molecule has 0 bridgehead atoms. The number of amides is 1. The predicted octanol–water partition coefficient (Wildman–Crippen LogP) is 3.19. The Bertz CT molecular complexity index is 951. The summed E-state index contributed by atoms with van der Waals surface area (Å²) in [5.74, 6) is 0.152. The number of ether oxygens (including phenoxy) is 1. The van der Waals surface area contributed by atoms with Crippen LogP contribution in [0.5, 0.6) is 5.88 Å². The Morgan fingerprint density at radius 3 is 2.77 bits per heavy atom. The van der Waals surface area contributed by atoms with Crippen LogP contribution in [0.15, 0.2) is 54.7 Å². The van der Waals surface area contributed by atoms with Gasteiger partial charge in [-0.15, -0.1) is 0 Å². The number of rotatable bonds is 6. The maximum absolute atomic E-state index is 13.0. The summed E-state index contributed by atoms with van der Waals surface area (Å²) in [6.45, 7) is 0.626. The average Bonchev–Trinajstić information content (AvgIpc) is 2.70. The van der Waals surface area contributed by atoms with E-state index in [2.05, 4.69) is 16.0 Å². The monoisotopic (exact) mass is 346 g/mol. The van der Waals surface area contributed by atoms with Crippen LogP contribution in [0.4, 0.5) is 0 Å². The van der Waals surface area contributed by atoms with Crippen molar-refractivity contribution in [2.24, 2.45) is 0 Å². The summed E-state index contributed by atoms with van der Waals surface area (Å²) in [7, 11) is 1.53. The first kappa shape index (κ1) is 17.4. The molecule has 2 heterocycles. The molecule has 6 heteroatoms. The summed E-state index contributed by atoms with van der Waals surface area (Å²) in [5.41, 5.74) is 1.04. The molecule has 130 valence electrons. The molecule has 0 N–H and O–H groups in total. The van der Waals surface area contributed by atoms with Gasteiger partial charge >= 0.3 is 0 Å². The van der Waals surface area contributed by atoms with Gasteiger partial charge in [-0.05, 0) is 29.7 Å². The summed E-state index contributed by atoms with van der Waals surface area (Å²) >= 11 is 0. The van der Waals surface area contributed by atoms with E-state index >= 15 is 0 Å². The molecule has 0 atom stereocenters. The second kappa shape index (κ2) is 8.08. The van der Waals surface area contributed by atoms with Gasteiger partial charge in [0.15, 0.2) is 0 Å². The minimum absolute atomic E-state index is 0.239. The molecule has 0 fully saturated rings. The number of carbonyl (C=O) groups is 1. The number of aromatic nitrogens is 2. The van der Waals surface area contributed by atoms with Crippen LogP contribution in [0.25, 0.3) is 10.8 Å². The maximum Gasteiger partial charge on any atom is 0.273 e. The van der Waals surface area contributed by atoms with E-state index in [-0.39, 0.29) is 18.0 Å². The van der Waals surface area contributed by atoms with E-state index < -0.39 is 0 Å². The van der Waals surface area contributed by atoms with Crippen LogP contribution in [0.1, 0.15) is 22.6 Å². The lowest BCUT2D eigenvalue weighted by atomic mass is 10.1. The number of pyridine rings is 2. The van der Waals surface area contributed by atoms with Crippen LogP contribution in [0, 0.1) is 11.3 Å². The molecular formula is C20H18N4O2. The van der Waals surface area contributed by atoms with Gasteiger partial charge in [-0.1, -0.05) is 24.3 Å². The Balaban J connectivity index is 1.95. The molecule has 0 saturated carbocycles. The average molecular weight is 346 g/mol. The molecular weight excluding hydrogens is 328 g/mol. The van der Waals surface area contributed by atoms with Crippen LogP contribution in [0.2, 0.25) is 0 Å². The minimum atomic E-state index is -0.255. The first-order chi connectivity index (χ1) is 12.7. The third kappa shape index (κ3) is 3.78. The lowest BCUT2D eigenvalue weighted by Gasteiger charge is -2.21. The van der Waals surface area contributed by atoms with E-state index in [1.54, 1.807) is 17.2 Å². The van der Waals surface area contributed by atoms with E-state index in [1.807, 2.05) is 42.5 Å². The summed E-state index contributed by atoms with van der Waals surface area (Å²) in [6.07, 6.45) is 1.92. The van der Waals surface area contributed by atoms with E-state index in [1.165, 1.54) is 7.11 Å². The zero-order chi connectivity index (χ0) is 18.4. The quantitative estimate of drug-likeness (QED) is 0.685. The first-order valence-corrected chi connectivity index (χ1v) is 8.23. The molecule has 0 saturated heterocycles. The third-order valence-corrected chi connectivity index (χ3v) is 3.98. The van der Waals surface area contributed by atoms with Gasteiger partial charge in [-0.2, -0.15) is 5.26 Å². The number of carbonyl (C=O) groups excluding carboxylic acids is 1. The molecule has 2 aromatic heterocycles. The van der Waals surface area contributed by atoms with Crippen molar-refractivity contribution < 1.29 is 9.53 Å². The van der Waals surface area contributed by atoms with Crippen molar-refractivity contribution in [3.05, 3.63) is 66.1 Å². The number of methoxy groups -OCH3 is 1. The van der Waals surface area contributed by atoms with Gasteiger partial charge in [0.05, 0.1) is 31.8 Å². The van der Waals surface area contributed by atoms with Crippen molar-refractivity contribution in [1.29, 1.82) is 5.26 Å². The molecule has 1 aromatic carbocycles. The highest BCUT2D eigenvalue weighted by atomic mass is 16.5. The first-order valence-electron chi connectivity index (χ1n) is 8.23. The molecule has 0 aliphatic carbocycles. The SMILES string of the molecule is COc1nc(C(=O)N(CCC#N)Cc2ccccn2)cc2ccccc12. The Morgan fingerprint density at radius 2 is 2.04 bits per heavy atom. The number of fused-ring (bicyclic) bond motifs is 1. The summed E-state index contributed by atoms with van der Waals surface area (Å²) < 4.78 is 5.35. The standard InChI is InChI=1S/C20H18N4O2/c1-26-19-17-9-3-2-7-15(17)13-18(23-19)20(25)24(12-6-10-21)14-16-8-4-5-11-22-16/h2-5,7-9,11,13H,6,12,14H2,1H3. The van der Waals surface area contributed by atoms with E-state index in [0.29, 0.717) is 19.0 Å². The van der Waals surface area contributed by atoms with Crippen LogP contribution in [0.3, 0.4) is 0 Å². The van der Waals surface area contributed by atoms with Crippen LogP contribution >= 0.6 is 0 Å². The van der Waals surface area contributed by atoms with Gasteiger partial charge in [0.25, 0.3) is 5.91 Å². The topological polar surface area (TPSA) is 79.1 Å². The smallest absolute Gasteiger partial charge is 0.273 e. The second-order valence-corrected chi connectivity index (χ2v) is 5.69. The largest absolute Gasteiger partial charge is 0.481 e. The lowest BCUT2D eigenvalue weighted by Crippen LogP contribution is -2.32. The Labute approximate surface area is 151 Å². The molecule has 0 spiro atoms. The van der Waals surface area contributed by atoms with E-state index in [9.17, 15) is 4.79 Å². The molecule has 0 radical (unpaired) electrons. The molecule has 6 nitrogen and oxygen atoms in total. The maximum atomic E-state index is 13.0. The highest BCUT2D eigenvalue weighted by Crippen LogP contribution is 2.25. The van der Waals surface area contributed by atoms with Crippen LogP contribution in [-0.2, 0) is 6.54 Å². The number of benzene rings is 1. The van der Waals surface area contributed by atoms with Crippen molar-refractivity contribution in [1.82, 2.24) is 14.9 Å². The molecule has 3 rings (SSSR count). The van der Waals surface area contributed by atoms with E-state index in [4.69, 9.17) is 10.00 Å². The van der Waals surface area contributed by atoms with E-state index in [0.717, 1.165) is 16.5 Å². The molecule has 0 aliphatic heterocycles. The molecule has 3 aromatic rings. The second-order valence-electron chi connectivity index (χ2n) is 5.69. The van der Waals surface area contributed by atoms with Crippen LogP contribution in [-0.4, -0.2) is 34.4 Å². The highest BCUT2D eigenvalue weighted by Gasteiger charge is 2.20. The summed E-state index contributed by atoms with van der Waals surface area (Å²) in [5, 5.41) is 10.6. The molecule has 1 amide bonds. The van der Waals surface area contributed by atoms with Gasteiger partial charge in [-0.3, -0.25) is 9.78 Å². The molecule has 0 aliphatic rings. The van der Waals surface area contributed by atoms with Gasteiger partial charge in [0, 0.05) is 18.1 Å². The molecule has 26 heavy (non-hydrogen) atoms. The van der Waals surface area contributed by atoms with Crippen molar-refractivity contribution in [3.63, 3.8) is 0 Å². The molecule has 0 unspecified atom stereocenters. The number of hydrogen-bond acceptors (Lipinski definition) is 5. The normalized spacial score (nSPS) is 10.3. The zero-order valence-corrected chi connectivity index (χ0v) is 14.4. The highest BCUT2D eigenvalue weighted by molar-refractivity contribution is 5.98. The lowest BCUT2D eigenvalue weighted by molar-refractivity contribution is 0.0738. The number of nitriles is 1. The minimum Gasteiger partial charge on any atom is -0.481 e. The van der Waals surface area contributed by atoms with Crippen LogP contribution < -0.4 is 4.74 Å². The van der Waals surface area contributed by atoms with Gasteiger partial charge in [-0.25, -0.2) is 4.98 Å². The Morgan fingerprint density at radius 1 is 1.23 bits per heavy atom. The fraction of sp³-hybridized carbons (Fsp3) is 0.200.